The van der Waals surface area contributed by atoms with Crippen LogP contribution < -0.4 is 0 Å². The molecule has 6 heteroatoms. The molecule has 0 aromatic heterocycles. The maximum atomic E-state index is 11.1. The number of nitrogens with zero attached hydrogens (tertiary/aromatic N) is 1. The summed E-state index contributed by atoms with van der Waals surface area (Å²) >= 11 is 10.6. The topological polar surface area (TPSA) is 61.1 Å². The number of carboxylic acid groups (broad SMARTS) is 1. The van der Waals surface area contributed by atoms with E-state index >= 15 is 0 Å². The molecule has 0 amide bonds. The van der Waals surface area contributed by atoms with Gasteiger partial charge in [0.05, 0.1) is 22.2 Å². The zero-order chi connectivity index (χ0) is 14.7. The van der Waals surface area contributed by atoms with Crippen molar-refractivity contribution in [3.8, 4) is 6.07 Å². The molecule has 0 atom stereocenters. The summed E-state index contributed by atoms with van der Waals surface area (Å²) in [7, 11) is 0. The zero-order valence-electron chi connectivity index (χ0n) is 9.93. The van der Waals surface area contributed by atoms with Gasteiger partial charge in [0.1, 0.15) is 0 Å². The van der Waals surface area contributed by atoms with Crippen molar-refractivity contribution in [2.24, 2.45) is 0 Å². The van der Waals surface area contributed by atoms with Gasteiger partial charge in [-0.25, -0.2) is 4.79 Å². The molecule has 100 valence electrons. The summed E-state index contributed by atoms with van der Waals surface area (Å²) in [5.74, 6) is -0.995. The summed E-state index contributed by atoms with van der Waals surface area (Å²) in [5, 5.41) is 18.3. The second-order valence-electron chi connectivity index (χ2n) is 3.81. The van der Waals surface area contributed by atoms with Gasteiger partial charge >= 0.3 is 5.97 Å². The van der Waals surface area contributed by atoms with E-state index in [1.807, 2.05) is 6.07 Å². The van der Waals surface area contributed by atoms with E-state index in [1.54, 1.807) is 36.4 Å². The minimum absolute atomic E-state index is 0.194. The minimum atomic E-state index is -0.995. The van der Waals surface area contributed by atoms with Crippen molar-refractivity contribution in [1.29, 1.82) is 5.26 Å². The molecule has 0 heterocycles. The Morgan fingerprint density at radius 3 is 2.65 bits per heavy atom. The highest BCUT2D eigenvalue weighted by Crippen LogP contribution is 2.35. The van der Waals surface area contributed by atoms with Gasteiger partial charge in [0.15, 0.2) is 0 Å². The molecule has 2 aromatic carbocycles. The van der Waals surface area contributed by atoms with E-state index in [-0.39, 0.29) is 5.56 Å². The van der Waals surface area contributed by atoms with Crippen LogP contribution in [0.1, 0.15) is 15.9 Å². The van der Waals surface area contributed by atoms with Crippen LogP contribution in [0.3, 0.4) is 0 Å². The number of aromatic carboxylic acids is 1. The van der Waals surface area contributed by atoms with Crippen molar-refractivity contribution < 1.29 is 9.90 Å². The first-order chi connectivity index (χ1) is 9.51. The molecule has 2 rings (SSSR count). The monoisotopic (exact) mass is 367 g/mol. The molecule has 0 unspecified atom stereocenters. The molecule has 0 saturated carbocycles. The first-order valence-corrected chi connectivity index (χ1v) is 7.40. The molecule has 3 nitrogen and oxygen atoms in total. The molecular formula is C14H7BrClNO2S. The predicted octanol–water partition coefficient (Wildman–Crippen LogP) is 4.82. The second-order valence-corrected chi connectivity index (χ2v) is 6.18. The van der Waals surface area contributed by atoms with E-state index in [9.17, 15) is 4.79 Å². The molecule has 2 aromatic rings. The van der Waals surface area contributed by atoms with Crippen molar-refractivity contribution in [2.45, 2.75) is 9.79 Å². The SMILES string of the molecule is N#Cc1ccc(Sc2ccc(Br)c(C(=O)O)c2)c(Cl)c1. The van der Waals surface area contributed by atoms with Crippen molar-refractivity contribution in [3.05, 3.63) is 57.0 Å². The van der Waals surface area contributed by atoms with Crippen LogP contribution in [0.5, 0.6) is 0 Å². The molecule has 20 heavy (non-hydrogen) atoms. The van der Waals surface area contributed by atoms with Gasteiger partial charge in [-0.2, -0.15) is 5.26 Å². The highest BCUT2D eigenvalue weighted by Gasteiger charge is 2.11. The van der Waals surface area contributed by atoms with Gasteiger partial charge < -0.3 is 5.11 Å². The lowest BCUT2D eigenvalue weighted by atomic mass is 10.2. The molecule has 0 bridgehead atoms. The Hall–Kier alpha value is -1.48. The van der Waals surface area contributed by atoms with Crippen LogP contribution in [-0.4, -0.2) is 11.1 Å². The third kappa shape index (κ3) is 3.34. The summed E-state index contributed by atoms with van der Waals surface area (Å²) in [6.07, 6.45) is 0. The Bertz CT molecular complexity index is 728. The molecule has 0 aliphatic heterocycles. The number of benzene rings is 2. The first kappa shape index (κ1) is 14.9. The van der Waals surface area contributed by atoms with Gasteiger partial charge in [-0.3, -0.25) is 0 Å². The van der Waals surface area contributed by atoms with Gasteiger partial charge in [0.2, 0.25) is 0 Å². The number of carbonyl (C=O) groups is 1. The summed E-state index contributed by atoms with van der Waals surface area (Å²) in [6.45, 7) is 0. The second kappa shape index (κ2) is 6.31. The van der Waals surface area contributed by atoms with Crippen LogP contribution in [0.4, 0.5) is 0 Å². The molecule has 0 aliphatic carbocycles. The Morgan fingerprint density at radius 1 is 1.30 bits per heavy atom. The zero-order valence-corrected chi connectivity index (χ0v) is 13.1. The minimum Gasteiger partial charge on any atom is -0.478 e. The Balaban J connectivity index is 2.33. The molecule has 0 spiro atoms. The summed E-state index contributed by atoms with van der Waals surface area (Å²) in [6, 6.07) is 12.1. The Kier molecular flexibility index (Phi) is 4.71. The molecule has 0 fully saturated rings. The standard InChI is InChI=1S/C14H7BrClNO2S/c15-11-3-2-9(6-10(11)14(18)19)20-13-4-1-8(7-17)5-12(13)16/h1-6H,(H,18,19). The van der Waals surface area contributed by atoms with Gasteiger partial charge in [-0.05, 0) is 52.3 Å². The fraction of sp³-hybridized carbons (Fsp3) is 0. The lowest BCUT2D eigenvalue weighted by Gasteiger charge is -2.06. The smallest absolute Gasteiger partial charge is 0.336 e. The van der Waals surface area contributed by atoms with Gasteiger partial charge in [0.25, 0.3) is 0 Å². The van der Waals surface area contributed by atoms with Crippen LogP contribution in [0, 0.1) is 11.3 Å². The summed E-state index contributed by atoms with van der Waals surface area (Å²) < 4.78 is 0.528. The Morgan fingerprint density at radius 2 is 2.05 bits per heavy atom. The fourth-order valence-electron chi connectivity index (χ4n) is 1.51. The quantitative estimate of drug-likeness (QED) is 0.843. The first-order valence-electron chi connectivity index (χ1n) is 5.41. The maximum Gasteiger partial charge on any atom is 0.336 e. The number of halogens is 2. The van der Waals surface area contributed by atoms with E-state index in [1.165, 1.54) is 11.8 Å². The van der Waals surface area contributed by atoms with Crippen molar-refractivity contribution in [3.63, 3.8) is 0 Å². The van der Waals surface area contributed by atoms with Crippen LogP contribution in [0.2, 0.25) is 5.02 Å². The van der Waals surface area contributed by atoms with Gasteiger partial charge in [0, 0.05) is 14.3 Å². The average molecular weight is 369 g/mol. The van der Waals surface area contributed by atoms with Crippen molar-refractivity contribution in [2.75, 3.05) is 0 Å². The fourth-order valence-corrected chi connectivity index (χ4v) is 3.08. The third-order valence-corrected chi connectivity index (χ3v) is 4.64. The van der Waals surface area contributed by atoms with Crippen LogP contribution in [0.15, 0.2) is 50.7 Å². The highest BCUT2D eigenvalue weighted by atomic mass is 79.9. The van der Waals surface area contributed by atoms with Crippen LogP contribution in [-0.2, 0) is 0 Å². The van der Waals surface area contributed by atoms with E-state index in [0.717, 1.165) is 9.79 Å². The van der Waals surface area contributed by atoms with E-state index in [4.69, 9.17) is 22.0 Å². The van der Waals surface area contributed by atoms with Gasteiger partial charge in [-0.15, -0.1) is 0 Å². The van der Waals surface area contributed by atoms with Crippen LogP contribution >= 0.6 is 39.3 Å². The lowest BCUT2D eigenvalue weighted by Crippen LogP contribution is -1.97. The average Bonchev–Trinajstić information content (AvgIpc) is 2.42. The molecule has 0 radical (unpaired) electrons. The van der Waals surface area contributed by atoms with E-state index in [0.29, 0.717) is 15.1 Å². The number of carboxylic acids is 1. The summed E-state index contributed by atoms with van der Waals surface area (Å²) in [5.41, 5.74) is 0.682. The lowest BCUT2D eigenvalue weighted by molar-refractivity contribution is 0.0695. The molecule has 1 N–H and O–H groups in total. The molecule has 0 aliphatic rings. The number of hydrogen-bond donors (Lipinski definition) is 1. The normalized spacial score (nSPS) is 10.1. The van der Waals surface area contributed by atoms with Gasteiger partial charge in [-0.1, -0.05) is 23.4 Å². The van der Waals surface area contributed by atoms with E-state index in [2.05, 4.69) is 15.9 Å². The number of hydrogen-bond acceptors (Lipinski definition) is 3. The number of rotatable bonds is 3. The third-order valence-electron chi connectivity index (χ3n) is 2.46. The van der Waals surface area contributed by atoms with E-state index < -0.39 is 5.97 Å². The molecular weight excluding hydrogens is 362 g/mol. The Labute approximate surface area is 133 Å². The maximum absolute atomic E-state index is 11.1. The number of nitriles is 1. The molecule has 0 saturated heterocycles. The predicted molar refractivity (Wildman–Crippen MR) is 81.4 cm³/mol. The largest absolute Gasteiger partial charge is 0.478 e. The van der Waals surface area contributed by atoms with Crippen LogP contribution in [0.25, 0.3) is 0 Å². The van der Waals surface area contributed by atoms with Crippen molar-refractivity contribution in [1.82, 2.24) is 0 Å². The van der Waals surface area contributed by atoms with Crippen molar-refractivity contribution >= 4 is 45.3 Å². The highest BCUT2D eigenvalue weighted by molar-refractivity contribution is 9.10. The summed E-state index contributed by atoms with van der Waals surface area (Å²) in [4.78, 5) is 12.6.